The second-order valence-electron chi connectivity index (χ2n) is 4.92. The van der Waals surface area contributed by atoms with E-state index < -0.39 is 0 Å². The normalized spacial score (nSPS) is 17.4. The molecule has 1 aromatic rings. The number of thioether (sulfide) groups is 1. The molecule has 0 spiro atoms. The lowest BCUT2D eigenvalue weighted by atomic mass is 10.0. The Balaban J connectivity index is 2.05. The molecule has 1 heterocycles. The molecule has 1 aromatic carbocycles. The van der Waals surface area contributed by atoms with Crippen molar-refractivity contribution in [1.29, 1.82) is 0 Å². The maximum Gasteiger partial charge on any atom is 0.251 e. The van der Waals surface area contributed by atoms with Crippen LogP contribution in [0.5, 0.6) is 0 Å². The van der Waals surface area contributed by atoms with E-state index in [0.29, 0.717) is 18.0 Å². The number of nitrogens with one attached hydrogen (secondary N) is 1. The van der Waals surface area contributed by atoms with Crippen LogP contribution in [0.15, 0.2) is 18.2 Å². The van der Waals surface area contributed by atoms with Crippen molar-refractivity contribution in [1.82, 2.24) is 5.32 Å². The summed E-state index contributed by atoms with van der Waals surface area (Å²) in [5.41, 5.74) is 7.89. The molecule has 0 radical (unpaired) electrons. The van der Waals surface area contributed by atoms with Crippen LogP contribution < -0.4 is 11.1 Å². The van der Waals surface area contributed by atoms with Crippen LogP contribution in [0.3, 0.4) is 0 Å². The zero-order chi connectivity index (χ0) is 14.4. The summed E-state index contributed by atoms with van der Waals surface area (Å²) in [7, 11) is 0. The van der Waals surface area contributed by atoms with E-state index in [-0.39, 0.29) is 5.91 Å². The number of hydrogen-bond donors (Lipinski definition) is 2. The molecule has 1 aliphatic rings. The highest BCUT2D eigenvalue weighted by Gasteiger charge is 2.17. The first-order chi connectivity index (χ1) is 9.72. The van der Waals surface area contributed by atoms with E-state index in [1.54, 1.807) is 0 Å². The quantitative estimate of drug-likeness (QED) is 0.834. The number of carbonyl (C=O) groups excluding carboxylic acids is 1. The number of amides is 1. The Hall–Kier alpha value is -1.44. The minimum atomic E-state index is -0.00389. The van der Waals surface area contributed by atoms with Gasteiger partial charge in [-0.1, -0.05) is 17.9 Å². The number of rotatable bonds is 3. The lowest BCUT2D eigenvalue weighted by Crippen LogP contribution is -2.29. The van der Waals surface area contributed by atoms with E-state index in [4.69, 9.17) is 5.73 Å². The maximum absolute atomic E-state index is 12.3. The first-order valence-electron chi connectivity index (χ1n) is 6.87. The predicted molar refractivity (Wildman–Crippen MR) is 84.9 cm³/mol. The highest BCUT2D eigenvalue weighted by Crippen LogP contribution is 2.22. The largest absolute Gasteiger partial charge is 0.352 e. The van der Waals surface area contributed by atoms with Crippen LogP contribution in [0, 0.1) is 24.7 Å². The summed E-state index contributed by atoms with van der Waals surface area (Å²) >= 11 is 1.96. The fourth-order valence-electron chi connectivity index (χ4n) is 2.24. The number of nitrogens with two attached hydrogens (primary N) is 1. The van der Waals surface area contributed by atoms with E-state index >= 15 is 0 Å². The molecule has 2 rings (SSSR count). The highest BCUT2D eigenvalue weighted by molar-refractivity contribution is 7.99. The van der Waals surface area contributed by atoms with Crippen LogP contribution >= 0.6 is 11.8 Å². The number of carbonyl (C=O) groups is 1. The van der Waals surface area contributed by atoms with Crippen LogP contribution in [0.1, 0.15) is 27.9 Å². The summed E-state index contributed by atoms with van der Waals surface area (Å²) in [5.74, 6) is 8.82. The molecule has 3 N–H and O–H groups in total. The van der Waals surface area contributed by atoms with Gasteiger partial charge in [0.1, 0.15) is 0 Å². The van der Waals surface area contributed by atoms with Gasteiger partial charge in [0.05, 0.1) is 6.54 Å². The zero-order valence-electron chi connectivity index (χ0n) is 11.7. The molecule has 1 aliphatic heterocycles. The molecule has 0 bridgehead atoms. The van der Waals surface area contributed by atoms with Gasteiger partial charge in [0, 0.05) is 17.7 Å². The van der Waals surface area contributed by atoms with E-state index in [1.807, 2.05) is 36.9 Å². The van der Waals surface area contributed by atoms with Crippen molar-refractivity contribution in [3.05, 3.63) is 34.9 Å². The van der Waals surface area contributed by atoms with Gasteiger partial charge in [-0.25, -0.2) is 0 Å². The van der Waals surface area contributed by atoms with Gasteiger partial charge in [-0.2, -0.15) is 11.8 Å². The molecule has 1 amide bonds. The molecule has 4 heteroatoms. The minimum Gasteiger partial charge on any atom is -0.352 e. The van der Waals surface area contributed by atoms with Crippen molar-refractivity contribution in [2.75, 3.05) is 24.6 Å². The molecule has 0 aromatic heterocycles. The second kappa shape index (κ2) is 7.37. The standard InChI is InChI=1S/C16H20N2OS/c1-12-14(5-3-8-17)4-2-6-15(12)16(19)18-10-13-7-9-20-11-13/h2,4,6,13H,7-11,17H2,1H3,(H,18,19). The third-order valence-corrected chi connectivity index (χ3v) is 4.71. The predicted octanol–water partition coefficient (Wildman–Crippen LogP) is 1.79. The summed E-state index contributed by atoms with van der Waals surface area (Å²) < 4.78 is 0. The topological polar surface area (TPSA) is 55.1 Å². The van der Waals surface area contributed by atoms with Crippen LogP contribution in [-0.4, -0.2) is 30.5 Å². The molecular weight excluding hydrogens is 268 g/mol. The van der Waals surface area contributed by atoms with E-state index in [0.717, 1.165) is 23.4 Å². The molecule has 106 valence electrons. The molecule has 0 saturated carbocycles. The van der Waals surface area contributed by atoms with Crippen LogP contribution in [-0.2, 0) is 0 Å². The SMILES string of the molecule is Cc1c(C#CCN)cccc1C(=O)NCC1CCSC1. The monoisotopic (exact) mass is 288 g/mol. The van der Waals surface area contributed by atoms with Crippen molar-refractivity contribution >= 4 is 17.7 Å². The van der Waals surface area contributed by atoms with E-state index in [2.05, 4.69) is 17.2 Å². The fraction of sp³-hybridized carbons (Fsp3) is 0.438. The van der Waals surface area contributed by atoms with Crippen LogP contribution in [0.25, 0.3) is 0 Å². The summed E-state index contributed by atoms with van der Waals surface area (Å²) in [4.78, 5) is 12.3. The highest BCUT2D eigenvalue weighted by atomic mass is 32.2. The molecule has 1 unspecified atom stereocenters. The second-order valence-corrected chi connectivity index (χ2v) is 6.07. The van der Waals surface area contributed by atoms with Gasteiger partial charge in [0.15, 0.2) is 0 Å². The molecule has 1 saturated heterocycles. The smallest absolute Gasteiger partial charge is 0.251 e. The van der Waals surface area contributed by atoms with E-state index in [9.17, 15) is 4.79 Å². The lowest BCUT2D eigenvalue weighted by molar-refractivity contribution is 0.0948. The van der Waals surface area contributed by atoms with Gasteiger partial charge in [-0.3, -0.25) is 4.79 Å². The van der Waals surface area contributed by atoms with Gasteiger partial charge in [-0.05, 0) is 48.5 Å². The Morgan fingerprint density at radius 3 is 3.10 bits per heavy atom. The zero-order valence-corrected chi connectivity index (χ0v) is 12.6. The Kier molecular flexibility index (Phi) is 5.51. The Labute approximate surface area is 124 Å². The van der Waals surface area contributed by atoms with Crippen molar-refractivity contribution in [2.45, 2.75) is 13.3 Å². The summed E-state index contributed by atoms with van der Waals surface area (Å²) in [6.45, 7) is 3.03. The maximum atomic E-state index is 12.3. The van der Waals surface area contributed by atoms with Gasteiger partial charge < -0.3 is 11.1 Å². The van der Waals surface area contributed by atoms with Gasteiger partial charge in [-0.15, -0.1) is 0 Å². The summed E-state index contributed by atoms with van der Waals surface area (Å²) in [6.07, 6.45) is 1.20. The Morgan fingerprint density at radius 2 is 2.40 bits per heavy atom. The molecule has 1 fully saturated rings. The third kappa shape index (κ3) is 3.78. The average Bonchev–Trinajstić information content (AvgIpc) is 2.97. The van der Waals surface area contributed by atoms with Crippen LogP contribution in [0.2, 0.25) is 0 Å². The van der Waals surface area contributed by atoms with Crippen molar-refractivity contribution in [3.63, 3.8) is 0 Å². The average molecular weight is 288 g/mol. The summed E-state index contributed by atoms with van der Waals surface area (Å²) in [5, 5.41) is 3.04. The van der Waals surface area contributed by atoms with Gasteiger partial charge >= 0.3 is 0 Å². The van der Waals surface area contributed by atoms with Crippen molar-refractivity contribution in [3.8, 4) is 11.8 Å². The van der Waals surface area contributed by atoms with Crippen molar-refractivity contribution in [2.24, 2.45) is 11.7 Å². The van der Waals surface area contributed by atoms with Crippen molar-refractivity contribution < 1.29 is 4.79 Å². The number of benzene rings is 1. The Bertz CT molecular complexity index is 539. The van der Waals surface area contributed by atoms with E-state index in [1.165, 1.54) is 12.2 Å². The first kappa shape index (κ1) is 15.0. The molecule has 0 aliphatic carbocycles. The first-order valence-corrected chi connectivity index (χ1v) is 8.02. The van der Waals surface area contributed by atoms with Gasteiger partial charge in [0.2, 0.25) is 0 Å². The minimum absolute atomic E-state index is 0.00389. The summed E-state index contributed by atoms with van der Waals surface area (Å²) in [6, 6.07) is 5.64. The molecular formula is C16H20N2OS. The third-order valence-electron chi connectivity index (χ3n) is 3.48. The van der Waals surface area contributed by atoms with Gasteiger partial charge in [0.25, 0.3) is 5.91 Å². The molecule has 1 atom stereocenters. The number of hydrogen-bond acceptors (Lipinski definition) is 3. The molecule has 3 nitrogen and oxygen atoms in total. The lowest BCUT2D eigenvalue weighted by Gasteiger charge is -2.12. The van der Waals surface area contributed by atoms with Crippen LogP contribution in [0.4, 0.5) is 0 Å². The fourth-order valence-corrected chi connectivity index (χ4v) is 3.52. The molecule has 20 heavy (non-hydrogen) atoms. The Morgan fingerprint density at radius 1 is 1.55 bits per heavy atom.